The van der Waals surface area contributed by atoms with E-state index < -0.39 is 53.7 Å². The summed E-state index contributed by atoms with van der Waals surface area (Å²) in [6, 6.07) is 17.1. The fourth-order valence-corrected chi connectivity index (χ4v) is 6.63. The summed E-state index contributed by atoms with van der Waals surface area (Å²) in [4.78, 5) is 52.0. The summed E-state index contributed by atoms with van der Waals surface area (Å²) < 4.78 is 5.38. The number of carbonyl (C=O) groups is 4. The molecule has 0 radical (unpaired) electrons. The van der Waals surface area contributed by atoms with Gasteiger partial charge in [-0.05, 0) is 51.7 Å². The molecule has 0 aliphatic carbocycles. The highest BCUT2D eigenvalue weighted by atomic mass is 32.2. The molecular weight excluding hydrogens is 649 g/mol. The Labute approximate surface area is 294 Å². The predicted octanol–water partition coefficient (Wildman–Crippen LogP) is 5.04. The van der Waals surface area contributed by atoms with Gasteiger partial charge in [0.2, 0.25) is 17.7 Å². The number of benzene rings is 2. The highest BCUT2D eigenvalue weighted by Crippen LogP contribution is 2.18. The molecule has 0 heterocycles. The van der Waals surface area contributed by atoms with Gasteiger partial charge in [-0.1, -0.05) is 80.9 Å². The number of ether oxygens (including phenoxy) is 1. The molecule has 0 unspecified atom stereocenters. The SMILES string of the molecule is CCCCNC(=O)[C@H](C)C[C@H](O)[C@H](CSCc1ccccc1)NC(=O)[C@H](C)NC(=O)[C@H](CSCc1ccccc1)NC(=O)OC(C)(C)C. The average molecular weight is 703 g/mol. The minimum absolute atomic E-state index is 0.140. The molecule has 0 saturated heterocycles. The first-order valence-corrected chi connectivity index (χ1v) is 18.9. The van der Waals surface area contributed by atoms with Crippen LogP contribution in [0.1, 0.15) is 71.9 Å². The third-order valence-corrected chi connectivity index (χ3v) is 9.47. The second-order valence-corrected chi connectivity index (χ2v) is 15.0. The summed E-state index contributed by atoms with van der Waals surface area (Å²) in [5.74, 6) is 0.344. The van der Waals surface area contributed by atoms with Crippen LogP contribution in [0.15, 0.2) is 60.7 Å². The van der Waals surface area contributed by atoms with Crippen LogP contribution in [-0.4, -0.2) is 76.8 Å². The zero-order valence-electron chi connectivity index (χ0n) is 29.1. The minimum Gasteiger partial charge on any atom is -0.444 e. The van der Waals surface area contributed by atoms with E-state index in [9.17, 15) is 24.3 Å². The van der Waals surface area contributed by atoms with Crippen LogP contribution < -0.4 is 21.3 Å². The molecule has 12 heteroatoms. The molecule has 2 aromatic rings. The zero-order chi connectivity index (χ0) is 35.5. The van der Waals surface area contributed by atoms with Crippen molar-refractivity contribution in [3.05, 3.63) is 71.8 Å². The van der Waals surface area contributed by atoms with Gasteiger partial charge in [0.25, 0.3) is 0 Å². The number of aliphatic hydroxyl groups is 1. The molecule has 5 atom stereocenters. The summed E-state index contributed by atoms with van der Waals surface area (Å²) in [6.07, 6.45) is 0.271. The topological polar surface area (TPSA) is 146 Å². The summed E-state index contributed by atoms with van der Waals surface area (Å²) in [5.41, 5.74) is 1.44. The molecule has 48 heavy (non-hydrogen) atoms. The maximum absolute atomic E-state index is 13.4. The number of aliphatic hydroxyl groups excluding tert-OH is 1. The van der Waals surface area contributed by atoms with Gasteiger partial charge >= 0.3 is 6.09 Å². The van der Waals surface area contributed by atoms with Crippen LogP contribution in [0.4, 0.5) is 4.79 Å². The molecule has 0 aromatic heterocycles. The number of hydrogen-bond donors (Lipinski definition) is 5. The highest BCUT2D eigenvalue weighted by Gasteiger charge is 2.30. The molecule has 10 nitrogen and oxygen atoms in total. The number of rotatable bonds is 20. The molecule has 0 aliphatic rings. The number of hydrogen-bond acceptors (Lipinski definition) is 8. The summed E-state index contributed by atoms with van der Waals surface area (Å²) in [7, 11) is 0. The molecule has 266 valence electrons. The van der Waals surface area contributed by atoms with E-state index in [1.807, 2.05) is 67.6 Å². The van der Waals surface area contributed by atoms with Gasteiger partial charge in [-0.2, -0.15) is 23.5 Å². The molecule has 0 fully saturated rings. The van der Waals surface area contributed by atoms with Crippen molar-refractivity contribution in [1.29, 1.82) is 0 Å². The van der Waals surface area contributed by atoms with Crippen molar-refractivity contribution in [2.45, 2.75) is 102 Å². The Morgan fingerprint density at radius 3 is 1.90 bits per heavy atom. The minimum atomic E-state index is -0.997. The van der Waals surface area contributed by atoms with Crippen molar-refractivity contribution in [3.8, 4) is 0 Å². The maximum Gasteiger partial charge on any atom is 0.408 e. The van der Waals surface area contributed by atoms with Crippen LogP contribution in [-0.2, 0) is 30.6 Å². The van der Waals surface area contributed by atoms with Gasteiger partial charge in [0.05, 0.1) is 12.1 Å². The van der Waals surface area contributed by atoms with Gasteiger partial charge in [-0.15, -0.1) is 0 Å². The number of amides is 4. The van der Waals surface area contributed by atoms with Gasteiger partial charge in [-0.25, -0.2) is 4.79 Å². The summed E-state index contributed by atoms with van der Waals surface area (Å²) in [6.45, 7) is 11.2. The van der Waals surface area contributed by atoms with Gasteiger partial charge in [-0.3, -0.25) is 14.4 Å². The fraction of sp³-hybridized carbons (Fsp3) is 0.556. The standard InChI is InChI=1S/C36H54N4O6S2/c1-7-8-19-37-32(42)25(2)20-31(41)29(23-47-21-27-15-11-9-12-16-27)39-33(43)26(3)38-34(44)30(40-35(45)46-36(4,5)6)24-48-22-28-17-13-10-14-18-28/h9-18,25-26,29-31,41H,7-8,19-24H2,1-6H3,(H,37,42)(H,38,44)(H,39,43)(H,40,45)/t25-,26+,29+,30+,31+/m1/s1. The van der Waals surface area contributed by atoms with Gasteiger partial charge < -0.3 is 31.1 Å². The van der Waals surface area contributed by atoms with E-state index >= 15 is 0 Å². The molecule has 0 saturated carbocycles. The largest absolute Gasteiger partial charge is 0.444 e. The van der Waals surface area contributed by atoms with Crippen LogP contribution >= 0.6 is 23.5 Å². The molecule has 2 aromatic carbocycles. The number of alkyl carbamates (subject to hydrolysis) is 1. The van der Waals surface area contributed by atoms with E-state index in [1.165, 1.54) is 11.8 Å². The second-order valence-electron chi connectivity index (χ2n) is 12.9. The smallest absolute Gasteiger partial charge is 0.408 e. The van der Waals surface area contributed by atoms with E-state index in [0.717, 1.165) is 24.0 Å². The third-order valence-electron chi connectivity index (χ3n) is 7.23. The summed E-state index contributed by atoms with van der Waals surface area (Å²) >= 11 is 3.03. The van der Waals surface area contributed by atoms with E-state index in [4.69, 9.17) is 4.74 Å². The quantitative estimate of drug-likeness (QED) is 0.121. The molecule has 0 bridgehead atoms. The van der Waals surface area contributed by atoms with Crippen LogP contribution in [0, 0.1) is 5.92 Å². The molecule has 0 spiro atoms. The van der Waals surface area contributed by atoms with Crippen LogP contribution in [0.25, 0.3) is 0 Å². The average Bonchev–Trinajstić information content (AvgIpc) is 3.03. The molecule has 0 aliphatic heterocycles. The Morgan fingerprint density at radius 2 is 1.35 bits per heavy atom. The van der Waals surface area contributed by atoms with Gasteiger partial charge in [0, 0.05) is 35.5 Å². The van der Waals surface area contributed by atoms with Crippen LogP contribution in [0.2, 0.25) is 0 Å². The van der Waals surface area contributed by atoms with Crippen LogP contribution in [0.3, 0.4) is 0 Å². The van der Waals surface area contributed by atoms with E-state index in [2.05, 4.69) is 21.3 Å². The van der Waals surface area contributed by atoms with Crippen LogP contribution in [0.5, 0.6) is 0 Å². The Morgan fingerprint density at radius 1 is 0.792 bits per heavy atom. The number of carbonyl (C=O) groups excluding carboxylic acids is 4. The first-order valence-electron chi connectivity index (χ1n) is 16.6. The third kappa shape index (κ3) is 16.7. The Bertz CT molecular complexity index is 1260. The van der Waals surface area contributed by atoms with Crippen molar-refractivity contribution >= 4 is 47.3 Å². The van der Waals surface area contributed by atoms with E-state index in [0.29, 0.717) is 23.8 Å². The van der Waals surface area contributed by atoms with Crippen molar-refractivity contribution < 1.29 is 29.0 Å². The Kier molecular flexibility index (Phi) is 18.5. The lowest BCUT2D eigenvalue weighted by Crippen LogP contribution is -2.56. The first kappa shape index (κ1) is 41.0. The first-order chi connectivity index (χ1) is 22.8. The maximum atomic E-state index is 13.4. The van der Waals surface area contributed by atoms with E-state index in [1.54, 1.807) is 46.4 Å². The predicted molar refractivity (Wildman–Crippen MR) is 196 cm³/mol. The monoisotopic (exact) mass is 702 g/mol. The molecule has 2 rings (SSSR count). The van der Waals surface area contributed by atoms with Crippen molar-refractivity contribution in [2.75, 3.05) is 18.1 Å². The molecular formula is C36H54N4O6S2. The Balaban J connectivity index is 2.08. The number of unbranched alkanes of at least 4 members (excludes halogenated alkanes) is 1. The second kappa shape index (κ2) is 21.7. The number of nitrogens with one attached hydrogen (secondary N) is 4. The van der Waals surface area contributed by atoms with Gasteiger partial charge in [0.1, 0.15) is 17.7 Å². The molecule has 5 N–H and O–H groups in total. The Hall–Kier alpha value is -3.22. The summed E-state index contributed by atoms with van der Waals surface area (Å²) in [5, 5.41) is 22.4. The van der Waals surface area contributed by atoms with Crippen molar-refractivity contribution in [1.82, 2.24) is 21.3 Å². The lowest BCUT2D eigenvalue weighted by atomic mass is 9.98. The van der Waals surface area contributed by atoms with Gasteiger partial charge in [0.15, 0.2) is 0 Å². The number of thioether (sulfide) groups is 2. The van der Waals surface area contributed by atoms with Crippen molar-refractivity contribution in [2.24, 2.45) is 5.92 Å². The zero-order valence-corrected chi connectivity index (χ0v) is 30.8. The lowest BCUT2D eigenvalue weighted by molar-refractivity contribution is -0.130. The van der Waals surface area contributed by atoms with Crippen molar-refractivity contribution in [3.63, 3.8) is 0 Å². The fourth-order valence-electron chi connectivity index (χ4n) is 4.51. The highest BCUT2D eigenvalue weighted by molar-refractivity contribution is 7.98. The van der Waals surface area contributed by atoms with E-state index in [-0.39, 0.29) is 18.1 Å². The normalized spacial score (nSPS) is 14.5. The molecule has 4 amide bonds. The lowest BCUT2D eigenvalue weighted by Gasteiger charge is -2.28.